The molecule has 2 N–H and O–H groups in total. The molecule has 0 bridgehead atoms. The Morgan fingerprint density at radius 2 is 2.04 bits per heavy atom. The number of aromatic nitrogens is 1. The molecule has 1 aromatic heterocycles. The van der Waals surface area contributed by atoms with Crippen LogP contribution in [-0.2, 0) is 6.54 Å². The van der Waals surface area contributed by atoms with Gasteiger partial charge in [-0.1, -0.05) is 6.07 Å². The van der Waals surface area contributed by atoms with E-state index in [0.29, 0.717) is 24.9 Å². The van der Waals surface area contributed by atoms with Crippen molar-refractivity contribution in [1.29, 1.82) is 0 Å². The monoisotopic (exact) mass is 360 g/mol. The fourth-order valence-electron chi connectivity index (χ4n) is 2.28. The molecule has 1 unspecified atom stereocenters. The van der Waals surface area contributed by atoms with Crippen LogP contribution in [0.2, 0.25) is 0 Å². The molecule has 0 spiro atoms. The van der Waals surface area contributed by atoms with E-state index in [9.17, 15) is 0 Å². The van der Waals surface area contributed by atoms with Gasteiger partial charge in [0.25, 0.3) is 0 Å². The van der Waals surface area contributed by atoms with Gasteiger partial charge in [0.15, 0.2) is 5.96 Å². The first-order valence-corrected chi connectivity index (χ1v) is 8.77. The summed E-state index contributed by atoms with van der Waals surface area (Å²) in [7, 11) is 1.64. The summed E-state index contributed by atoms with van der Waals surface area (Å²) in [5.74, 6) is 3.67. The Morgan fingerprint density at radius 3 is 2.69 bits per heavy atom. The third-order valence-electron chi connectivity index (χ3n) is 3.72. The molecule has 0 radical (unpaired) electrons. The summed E-state index contributed by atoms with van der Waals surface area (Å²) in [6.07, 6.45) is -0.0443. The number of benzene rings is 1. The highest BCUT2D eigenvalue weighted by atomic mass is 16.5. The molecule has 2 rings (SSSR count). The van der Waals surface area contributed by atoms with Gasteiger partial charge in [-0.05, 0) is 39.8 Å². The summed E-state index contributed by atoms with van der Waals surface area (Å²) in [4.78, 5) is 8.85. The minimum atomic E-state index is -0.0443. The zero-order valence-electron chi connectivity index (χ0n) is 16.1. The van der Waals surface area contributed by atoms with Crippen molar-refractivity contribution in [3.05, 3.63) is 41.6 Å². The topological polar surface area (TPSA) is 80.9 Å². The number of nitrogens with one attached hydrogen (secondary N) is 2. The maximum absolute atomic E-state index is 5.91. The van der Waals surface area contributed by atoms with Gasteiger partial charge in [-0.25, -0.2) is 9.98 Å². The molecule has 7 nitrogen and oxygen atoms in total. The lowest BCUT2D eigenvalue weighted by Gasteiger charge is -2.18. The average Bonchev–Trinajstić information content (AvgIpc) is 2.95. The molecule has 1 aromatic carbocycles. The fraction of sp³-hybridized carbons (Fsp3) is 0.474. The summed E-state index contributed by atoms with van der Waals surface area (Å²) in [5.41, 5.74) is 0.897. The normalized spacial score (nSPS) is 12.6. The van der Waals surface area contributed by atoms with Crippen LogP contribution in [0.5, 0.6) is 11.5 Å². The molecule has 0 saturated carbocycles. The first-order chi connectivity index (χ1) is 12.5. The lowest BCUT2D eigenvalue weighted by molar-refractivity contribution is 0.223. The first kappa shape index (κ1) is 19.6. The third kappa shape index (κ3) is 5.98. The van der Waals surface area contributed by atoms with Crippen molar-refractivity contribution in [2.24, 2.45) is 4.99 Å². The average molecular weight is 360 g/mol. The lowest BCUT2D eigenvalue weighted by Crippen LogP contribution is -2.41. The summed E-state index contributed by atoms with van der Waals surface area (Å²) >= 11 is 0. The molecule has 142 valence electrons. The van der Waals surface area contributed by atoms with E-state index in [-0.39, 0.29) is 6.10 Å². The molecule has 1 heterocycles. The van der Waals surface area contributed by atoms with E-state index in [4.69, 9.17) is 13.9 Å². The molecule has 1 atom stereocenters. The highest BCUT2D eigenvalue weighted by Gasteiger charge is 2.08. The van der Waals surface area contributed by atoms with Crippen molar-refractivity contribution < 1.29 is 13.9 Å². The van der Waals surface area contributed by atoms with Crippen LogP contribution in [0.4, 0.5) is 0 Å². The number of oxazole rings is 1. The van der Waals surface area contributed by atoms with Gasteiger partial charge >= 0.3 is 0 Å². The van der Waals surface area contributed by atoms with Gasteiger partial charge in [0, 0.05) is 12.6 Å². The van der Waals surface area contributed by atoms with Crippen LogP contribution in [0.15, 0.2) is 33.7 Å². The largest absolute Gasteiger partial charge is 0.497 e. The smallest absolute Gasteiger partial charge is 0.216 e. The van der Waals surface area contributed by atoms with Crippen molar-refractivity contribution in [2.75, 3.05) is 20.2 Å². The summed E-state index contributed by atoms with van der Waals surface area (Å²) in [6, 6.07) is 7.56. The molecule has 0 aliphatic heterocycles. The molecular formula is C19H28N4O3. The zero-order valence-corrected chi connectivity index (χ0v) is 16.1. The van der Waals surface area contributed by atoms with Crippen LogP contribution in [0, 0.1) is 13.8 Å². The molecule has 2 aromatic rings. The zero-order chi connectivity index (χ0) is 18.9. The van der Waals surface area contributed by atoms with Gasteiger partial charge < -0.3 is 24.5 Å². The van der Waals surface area contributed by atoms with Gasteiger partial charge in [-0.2, -0.15) is 0 Å². The summed E-state index contributed by atoms with van der Waals surface area (Å²) in [6.45, 7) is 9.59. The maximum Gasteiger partial charge on any atom is 0.216 e. The molecular weight excluding hydrogens is 332 g/mol. The molecule has 0 aliphatic carbocycles. The van der Waals surface area contributed by atoms with E-state index in [2.05, 4.69) is 20.6 Å². The van der Waals surface area contributed by atoms with Crippen LogP contribution in [0.25, 0.3) is 0 Å². The third-order valence-corrected chi connectivity index (χ3v) is 3.72. The molecule has 0 saturated heterocycles. The van der Waals surface area contributed by atoms with Gasteiger partial charge in [-0.3, -0.25) is 0 Å². The predicted molar refractivity (Wildman–Crippen MR) is 102 cm³/mol. The van der Waals surface area contributed by atoms with Crippen LogP contribution in [0.1, 0.15) is 31.2 Å². The van der Waals surface area contributed by atoms with Crippen LogP contribution >= 0.6 is 0 Å². The number of ether oxygens (including phenoxy) is 2. The second-order valence-corrected chi connectivity index (χ2v) is 5.93. The predicted octanol–water partition coefficient (Wildman–Crippen LogP) is 2.82. The molecule has 7 heteroatoms. The van der Waals surface area contributed by atoms with Crippen molar-refractivity contribution in [3.63, 3.8) is 0 Å². The van der Waals surface area contributed by atoms with E-state index >= 15 is 0 Å². The highest BCUT2D eigenvalue weighted by Crippen LogP contribution is 2.19. The Kier molecular flexibility index (Phi) is 7.32. The number of aliphatic imine (C=N–C) groups is 1. The highest BCUT2D eigenvalue weighted by molar-refractivity contribution is 5.79. The van der Waals surface area contributed by atoms with Crippen molar-refractivity contribution in [2.45, 2.75) is 40.3 Å². The van der Waals surface area contributed by atoms with E-state index in [1.54, 1.807) is 7.11 Å². The van der Waals surface area contributed by atoms with E-state index in [1.807, 2.05) is 52.0 Å². The van der Waals surface area contributed by atoms with Crippen molar-refractivity contribution in [3.8, 4) is 11.5 Å². The maximum atomic E-state index is 5.91. The number of hydrogen-bond acceptors (Lipinski definition) is 5. The molecule has 0 aliphatic rings. The standard InChI is InChI=1S/C19H28N4O3/c1-6-20-19(22-12-18-23-14(3)15(4)26-18)21-11-13(2)25-17-9-7-8-16(10-17)24-5/h7-10,13H,6,11-12H2,1-5H3,(H2,20,21,22). The molecule has 26 heavy (non-hydrogen) atoms. The minimum absolute atomic E-state index is 0.0443. The van der Waals surface area contributed by atoms with Crippen molar-refractivity contribution in [1.82, 2.24) is 15.6 Å². The number of rotatable bonds is 8. The second-order valence-electron chi connectivity index (χ2n) is 5.93. The quantitative estimate of drug-likeness (QED) is 0.557. The molecule has 0 fully saturated rings. The number of nitrogens with zero attached hydrogens (tertiary/aromatic N) is 2. The molecule has 0 amide bonds. The second kappa shape index (κ2) is 9.70. The minimum Gasteiger partial charge on any atom is -0.497 e. The van der Waals surface area contributed by atoms with Crippen LogP contribution in [0.3, 0.4) is 0 Å². The Balaban J connectivity index is 1.88. The number of methoxy groups -OCH3 is 1. The number of hydrogen-bond donors (Lipinski definition) is 2. The van der Waals surface area contributed by atoms with E-state index < -0.39 is 0 Å². The van der Waals surface area contributed by atoms with Gasteiger partial charge in [0.05, 0.1) is 19.3 Å². The summed E-state index contributed by atoms with van der Waals surface area (Å²) < 4.78 is 16.7. The van der Waals surface area contributed by atoms with Gasteiger partial charge in [0.1, 0.15) is 29.9 Å². The Labute approximate surface area is 154 Å². The Bertz CT molecular complexity index is 708. The van der Waals surface area contributed by atoms with Crippen molar-refractivity contribution >= 4 is 5.96 Å². The number of guanidine groups is 1. The Hall–Kier alpha value is -2.70. The first-order valence-electron chi connectivity index (χ1n) is 8.77. The fourth-order valence-corrected chi connectivity index (χ4v) is 2.28. The van der Waals surface area contributed by atoms with Gasteiger partial charge in [0.2, 0.25) is 5.89 Å². The number of aryl methyl sites for hydroxylation is 2. The van der Waals surface area contributed by atoms with Crippen LogP contribution < -0.4 is 20.1 Å². The van der Waals surface area contributed by atoms with E-state index in [1.165, 1.54) is 0 Å². The van der Waals surface area contributed by atoms with Crippen LogP contribution in [-0.4, -0.2) is 37.2 Å². The summed E-state index contributed by atoms with van der Waals surface area (Å²) in [5, 5.41) is 6.48. The Morgan fingerprint density at radius 1 is 1.27 bits per heavy atom. The SMILES string of the molecule is CCNC(=NCc1nc(C)c(C)o1)NCC(C)Oc1cccc(OC)c1. The van der Waals surface area contributed by atoms with E-state index in [0.717, 1.165) is 29.5 Å². The van der Waals surface area contributed by atoms with Gasteiger partial charge in [-0.15, -0.1) is 0 Å². The lowest BCUT2D eigenvalue weighted by atomic mass is 10.3.